The Hall–Kier alpha value is -2.76. The number of hydrogen-bond acceptors (Lipinski definition) is 3. The third-order valence-corrected chi connectivity index (χ3v) is 4.95. The average molecular weight is 352 g/mol. The van der Waals surface area contributed by atoms with Crippen molar-refractivity contribution in [2.45, 2.75) is 45.2 Å². The molecule has 1 fully saturated rings. The molecule has 0 atom stereocenters. The first-order valence-electron chi connectivity index (χ1n) is 8.99. The van der Waals surface area contributed by atoms with Gasteiger partial charge in [-0.1, -0.05) is 25.0 Å². The SMILES string of the molecule is Cc1cc(C(=O)NCc2cccc(F)c2)c2cnn(C3CCCC3)c2n1. The van der Waals surface area contributed by atoms with E-state index >= 15 is 0 Å². The first-order chi connectivity index (χ1) is 12.6. The van der Waals surface area contributed by atoms with Crippen molar-refractivity contribution in [2.75, 3.05) is 0 Å². The van der Waals surface area contributed by atoms with Gasteiger partial charge in [-0.05, 0) is 43.5 Å². The number of carbonyl (C=O) groups is 1. The molecule has 5 nitrogen and oxygen atoms in total. The number of halogens is 1. The molecule has 1 N–H and O–H groups in total. The topological polar surface area (TPSA) is 59.8 Å². The van der Waals surface area contributed by atoms with E-state index in [-0.39, 0.29) is 18.3 Å². The van der Waals surface area contributed by atoms with Gasteiger partial charge in [-0.15, -0.1) is 0 Å². The second-order valence-corrected chi connectivity index (χ2v) is 6.89. The molecule has 0 saturated heterocycles. The van der Waals surface area contributed by atoms with Gasteiger partial charge in [0.05, 0.1) is 23.2 Å². The van der Waals surface area contributed by atoms with Crippen LogP contribution in [0.5, 0.6) is 0 Å². The van der Waals surface area contributed by atoms with Gasteiger partial charge in [0.1, 0.15) is 5.82 Å². The van der Waals surface area contributed by atoms with E-state index in [1.807, 2.05) is 11.6 Å². The molecule has 3 aromatic rings. The quantitative estimate of drug-likeness (QED) is 0.774. The number of amides is 1. The number of aromatic nitrogens is 3. The summed E-state index contributed by atoms with van der Waals surface area (Å²) >= 11 is 0. The molecule has 1 aliphatic rings. The van der Waals surface area contributed by atoms with E-state index in [4.69, 9.17) is 0 Å². The molecule has 0 spiro atoms. The van der Waals surface area contributed by atoms with Crippen molar-refractivity contribution < 1.29 is 9.18 Å². The smallest absolute Gasteiger partial charge is 0.252 e. The number of pyridine rings is 1. The van der Waals surface area contributed by atoms with Gasteiger partial charge >= 0.3 is 0 Å². The van der Waals surface area contributed by atoms with E-state index in [0.29, 0.717) is 11.6 Å². The molecule has 4 rings (SSSR count). The highest BCUT2D eigenvalue weighted by molar-refractivity contribution is 6.05. The van der Waals surface area contributed by atoms with Crippen LogP contribution in [0.25, 0.3) is 11.0 Å². The number of aryl methyl sites for hydroxylation is 1. The van der Waals surface area contributed by atoms with Crippen molar-refractivity contribution >= 4 is 16.9 Å². The van der Waals surface area contributed by atoms with Crippen LogP contribution in [0.1, 0.15) is 53.3 Å². The van der Waals surface area contributed by atoms with Crippen LogP contribution in [-0.2, 0) is 6.54 Å². The molecule has 0 unspecified atom stereocenters. The highest BCUT2D eigenvalue weighted by atomic mass is 19.1. The Kier molecular flexibility index (Phi) is 4.41. The van der Waals surface area contributed by atoms with Crippen molar-refractivity contribution in [1.82, 2.24) is 20.1 Å². The fourth-order valence-corrected chi connectivity index (χ4v) is 3.67. The fraction of sp³-hybridized carbons (Fsp3) is 0.350. The lowest BCUT2D eigenvalue weighted by atomic mass is 10.1. The summed E-state index contributed by atoms with van der Waals surface area (Å²) in [6.07, 6.45) is 6.36. The third-order valence-electron chi connectivity index (χ3n) is 4.95. The molecule has 0 aliphatic heterocycles. The number of rotatable bonds is 4. The largest absolute Gasteiger partial charge is 0.348 e. The Labute approximate surface area is 151 Å². The molecule has 0 radical (unpaired) electrons. The maximum Gasteiger partial charge on any atom is 0.252 e. The molecule has 2 aromatic heterocycles. The van der Waals surface area contributed by atoms with Crippen molar-refractivity contribution in [3.8, 4) is 0 Å². The van der Waals surface area contributed by atoms with Gasteiger partial charge in [0, 0.05) is 12.2 Å². The summed E-state index contributed by atoms with van der Waals surface area (Å²) in [7, 11) is 0. The predicted molar refractivity (Wildman–Crippen MR) is 97.3 cm³/mol. The van der Waals surface area contributed by atoms with Crippen LogP contribution in [-0.4, -0.2) is 20.7 Å². The molecule has 1 amide bonds. The molecule has 134 valence electrons. The molecular formula is C20H21FN4O. The lowest BCUT2D eigenvalue weighted by Crippen LogP contribution is -2.23. The van der Waals surface area contributed by atoms with Crippen LogP contribution in [0.2, 0.25) is 0 Å². The predicted octanol–water partition coefficient (Wildman–Crippen LogP) is 3.92. The van der Waals surface area contributed by atoms with E-state index in [0.717, 1.165) is 35.1 Å². The number of hydrogen-bond donors (Lipinski definition) is 1. The molecule has 1 aromatic carbocycles. The van der Waals surface area contributed by atoms with Crippen molar-refractivity contribution in [2.24, 2.45) is 0 Å². The summed E-state index contributed by atoms with van der Waals surface area (Å²) in [5.41, 5.74) is 2.84. The van der Waals surface area contributed by atoms with E-state index in [9.17, 15) is 9.18 Å². The molecule has 1 aliphatic carbocycles. The summed E-state index contributed by atoms with van der Waals surface area (Å²) in [6.45, 7) is 2.16. The monoisotopic (exact) mass is 352 g/mol. The Bertz CT molecular complexity index is 960. The van der Waals surface area contributed by atoms with Gasteiger partial charge in [0.25, 0.3) is 5.91 Å². The first kappa shape index (κ1) is 16.7. The Balaban J connectivity index is 1.62. The number of benzene rings is 1. The maximum atomic E-state index is 13.3. The standard InChI is InChI=1S/C20H21FN4O/c1-13-9-17(20(26)22-11-14-5-4-6-15(21)10-14)18-12-23-25(19(18)24-13)16-7-2-3-8-16/h4-6,9-10,12,16H,2-3,7-8,11H2,1H3,(H,22,26). The average Bonchev–Trinajstić information content (AvgIpc) is 3.28. The van der Waals surface area contributed by atoms with Crippen molar-refractivity contribution in [1.29, 1.82) is 0 Å². The Morgan fingerprint density at radius 2 is 2.12 bits per heavy atom. The van der Waals surface area contributed by atoms with Crippen LogP contribution in [0.15, 0.2) is 36.5 Å². The molecule has 26 heavy (non-hydrogen) atoms. The summed E-state index contributed by atoms with van der Waals surface area (Å²) < 4.78 is 15.3. The lowest BCUT2D eigenvalue weighted by Gasteiger charge is -2.12. The zero-order chi connectivity index (χ0) is 18.1. The molecule has 6 heteroatoms. The molecule has 2 heterocycles. The second-order valence-electron chi connectivity index (χ2n) is 6.89. The van der Waals surface area contributed by atoms with E-state index in [1.54, 1.807) is 24.4 Å². The summed E-state index contributed by atoms with van der Waals surface area (Å²) in [6, 6.07) is 8.38. The molecular weight excluding hydrogens is 331 g/mol. The normalized spacial score (nSPS) is 14.8. The number of nitrogens with zero attached hydrogens (tertiary/aromatic N) is 3. The highest BCUT2D eigenvalue weighted by Gasteiger charge is 2.22. The van der Waals surface area contributed by atoms with E-state index < -0.39 is 0 Å². The van der Waals surface area contributed by atoms with Gasteiger partial charge < -0.3 is 5.32 Å². The Morgan fingerprint density at radius 3 is 2.88 bits per heavy atom. The third kappa shape index (κ3) is 3.19. The minimum atomic E-state index is -0.309. The summed E-state index contributed by atoms with van der Waals surface area (Å²) in [5.74, 6) is -0.507. The summed E-state index contributed by atoms with van der Waals surface area (Å²) in [5, 5.41) is 8.15. The van der Waals surface area contributed by atoms with Gasteiger partial charge in [0.2, 0.25) is 0 Å². The van der Waals surface area contributed by atoms with E-state index in [1.165, 1.54) is 25.0 Å². The highest BCUT2D eigenvalue weighted by Crippen LogP contribution is 2.31. The zero-order valence-corrected chi connectivity index (χ0v) is 14.7. The maximum absolute atomic E-state index is 13.3. The second kappa shape index (κ2) is 6.86. The molecule has 0 bridgehead atoms. The van der Waals surface area contributed by atoms with Crippen LogP contribution in [0.3, 0.4) is 0 Å². The van der Waals surface area contributed by atoms with Crippen molar-refractivity contribution in [3.63, 3.8) is 0 Å². The fourth-order valence-electron chi connectivity index (χ4n) is 3.67. The zero-order valence-electron chi connectivity index (χ0n) is 14.7. The van der Waals surface area contributed by atoms with Crippen LogP contribution in [0.4, 0.5) is 4.39 Å². The van der Waals surface area contributed by atoms with Gasteiger partial charge in [-0.25, -0.2) is 14.1 Å². The van der Waals surface area contributed by atoms with Crippen LogP contribution in [0, 0.1) is 12.7 Å². The van der Waals surface area contributed by atoms with E-state index in [2.05, 4.69) is 15.4 Å². The van der Waals surface area contributed by atoms with Crippen molar-refractivity contribution in [3.05, 3.63) is 59.2 Å². The van der Waals surface area contributed by atoms with Gasteiger partial charge in [0.15, 0.2) is 5.65 Å². The minimum absolute atomic E-state index is 0.198. The first-order valence-corrected chi connectivity index (χ1v) is 8.99. The number of fused-ring (bicyclic) bond motifs is 1. The van der Waals surface area contributed by atoms with Gasteiger partial charge in [-0.2, -0.15) is 5.10 Å². The number of carbonyl (C=O) groups excluding carboxylic acids is 1. The Morgan fingerprint density at radius 1 is 1.31 bits per heavy atom. The van der Waals surface area contributed by atoms with Gasteiger partial charge in [-0.3, -0.25) is 4.79 Å². The lowest BCUT2D eigenvalue weighted by molar-refractivity contribution is 0.0952. The van der Waals surface area contributed by atoms with Crippen LogP contribution >= 0.6 is 0 Å². The van der Waals surface area contributed by atoms with Crippen LogP contribution < -0.4 is 5.32 Å². The number of nitrogens with one attached hydrogen (secondary N) is 1. The minimum Gasteiger partial charge on any atom is -0.348 e. The summed E-state index contributed by atoms with van der Waals surface area (Å²) in [4.78, 5) is 17.4. The molecule has 1 saturated carbocycles.